The molecule has 1 heterocycles. The van der Waals surface area contributed by atoms with Crippen LogP contribution in [-0.2, 0) is 4.79 Å². The van der Waals surface area contributed by atoms with Crippen LogP contribution in [0.15, 0.2) is 54.7 Å². The van der Waals surface area contributed by atoms with Crippen molar-refractivity contribution in [3.05, 3.63) is 59.8 Å². The molecule has 2 aromatic carbocycles. The number of likely N-dealkylation sites (N-methyl/N-ethyl adjacent to an activating group) is 1. The van der Waals surface area contributed by atoms with Crippen LogP contribution in [0.1, 0.15) is 19.3 Å². The quantitative estimate of drug-likeness (QED) is 0.570. The molecule has 3 rings (SSSR count). The molecular weight excluding hydrogens is 443 g/mol. The molecule has 0 spiro atoms. The summed E-state index contributed by atoms with van der Waals surface area (Å²) in [5, 5.41) is 6.12. The van der Waals surface area contributed by atoms with Crippen molar-refractivity contribution in [2.75, 3.05) is 25.5 Å². The molecule has 0 aliphatic carbocycles. The van der Waals surface area contributed by atoms with Crippen LogP contribution in [0.4, 0.5) is 18.9 Å². The number of piperidine rings is 1. The van der Waals surface area contributed by atoms with Crippen molar-refractivity contribution in [3.8, 4) is 16.9 Å². The van der Waals surface area contributed by atoms with Crippen LogP contribution >= 0.6 is 11.6 Å². The Morgan fingerprint density at radius 1 is 1.22 bits per heavy atom. The van der Waals surface area contributed by atoms with Gasteiger partial charge < -0.3 is 20.3 Å². The van der Waals surface area contributed by atoms with E-state index in [9.17, 15) is 18.0 Å². The summed E-state index contributed by atoms with van der Waals surface area (Å²) < 4.78 is 42.3. The average molecular weight is 468 g/mol. The summed E-state index contributed by atoms with van der Waals surface area (Å²) in [4.78, 5) is 14.9. The molecule has 1 atom stereocenters. The Morgan fingerprint density at radius 2 is 2.00 bits per heavy atom. The lowest BCUT2D eigenvalue weighted by Crippen LogP contribution is -2.44. The number of carbonyl (C=O) groups is 1. The SMILES string of the molecule is CNCC=CN1CCCCC1C(=O)Nc1ccc(-c2ccccc2OC(F)(F)F)c(Cl)c1. The second kappa shape index (κ2) is 10.7. The largest absolute Gasteiger partial charge is 0.573 e. The van der Waals surface area contributed by atoms with E-state index in [1.807, 2.05) is 24.2 Å². The highest BCUT2D eigenvalue weighted by molar-refractivity contribution is 6.33. The minimum Gasteiger partial charge on any atom is -0.405 e. The number of anilines is 1. The van der Waals surface area contributed by atoms with Gasteiger partial charge >= 0.3 is 6.36 Å². The lowest BCUT2D eigenvalue weighted by atomic mass is 10.0. The minimum atomic E-state index is -4.82. The smallest absolute Gasteiger partial charge is 0.405 e. The van der Waals surface area contributed by atoms with Crippen LogP contribution < -0.4 is 15.4 Å². The van der Waals surface area contributed by atoms with E-state index in [0.29, 0.717) is 17.8 Å². The second-order valence-electron chi connectivity index (χ2n) is 7.42. The Hall–Kier alpha value is -2.71. The van der Waals surface area contributed by atoms with E-state index in [0.717, 1.165) is 25.8 Å². The highest BCUT2D eigenvalue weighted by Crippen LogP contribution is 2.38. The fraction of sp³-hybridized carbons (Fsp3) is 0.348. The first-order valence-corrected chi connectivity index (χ1v) is 10.7. The van der Waals surface area contributed by atoms with Crippen LogP contribution in [0.5, 0.6) is 5.75 Å². The maximum atomic E-state index is 12.9. The van der Waals surface area contributed by atoms with E-state index in [1.165, 1.54) is 24.3 Å². The molecule has 0 radical (unpaired) electrons. The van der Waals surface area contributed by atoms with Gasteiger partial charge in [0.2, 0.25) is 5.91 Å². The number of rotatable bonds is 7. The summed E-state index contributed by atoms with van der Waals surface area (Å²) in [6.07, 6.45) is 1.82. The van der Waals surface area contributed by atoms with Gasteiger partial charge in [-0.1, -0.05) is 41.9 Å². The minimum absolute atomic E-state index is 0.150. The van der Waals surface area contributed by atoms with Crippen molar-refractivity contribution < 1.29 is 22.7 Å². The zero-order valence-electron chi connectivity index (χ0n) is 17.6. The third kappa shape index (κ3) is 6.40. The van der Waals surface area contributed by atoms with Gasteiger partial charge in [0.25, 0.3) is 0 Å². The van der Waals surface area contributed by atoms with Crippen LogP contribution in [0.25, 0.3) is 11.1 Å². The summed E-state index contributed by atoms with van der Waals surface area (Å²) in [6.45, 7) is 1.51. The molecule has 32 heavy (non-hydrogen) atoms. The maximum Gasteiger partial charge on any atom is 0.573 e. The van der Waals surface area contributed by atoms with Crippen molar-refractivity contribution in [3.63, 3.8) is 0 Å². The first-order valence-electron chi connectivity index (χ1n) is 10.3. The van der Waals surface area contributed by atoms with Gasteiger partial charge in [0.1, 0.15) is 11.8 Å². The molecule has 9 heteroatoms. The number of likely N-dealkylation sites (tertiary alicyclic amines) is 1. The van der Waals surface area contributed by atoms with Crippen LogP contribution in [0, 0.1) is 0 Å². The van der Waals surface area contributed by atoms with Gasteiger partial charge in [0.05, 0.1) is 5.02 Å². The van der Waals surface area contributed by atoms with Gasteiger partial charge in [0.15, 0.2) is 0 Å². The van der Waals surface area contributed by atoms with Crippen LogP contribution in [0.3, 0.4) is 0 Å². The van der Waals surface area contributed by atoms with E-state index in [2.05, 4.69) is 15.4 Å². The van der Waals surface area contributed by atoms with E-state index in [4.69, 9.17) is 11.6 Å². The summed E-state index contributed by atoms with van der Waals surface area (Å²) in [6, 6.07) is 10.2. The Balaban J connectivity index is 1.77. The van der Waals surface area contributed by atoms with Gasteiger partial charge in [-0.2, -0.15) is 0 Å². The third-order valence-corrected chi connectivity index (χ3v) is 5.42. The Bertz CT molecular complexity index is 966. The van der Waals surface area contributed by atoms with E-state index >= 15 is 0 Å². The van der Waals surface area contributed by atoms with Gasteiger partial charge in [0, 0.05) is 29.9 Å². The van der Waals surface area contributed by atoms with E-state index < -0.39 is 6.36 Å². The number of ether oxygens (including phenoxy) is 1. The molecule has 1 fully saturated rings. The Kier molecular flexibility index (Phi) is 8.04. The molecule has 5 nitrogen and oxygen atoms in total. The lowest BCUT2D eigenvalue weighted by molar-refractivity contribution is -0.274. The number of halogens is 4. The Labute approximate surface area is 190 Å². The Morgan fingerprint density at radius 3 is 2.72 bits per heavy atom. The predicted octanol–water partition coefficient (Wildman–Crippen LogP) is 5.43. The van der Waals surface area contributed by atoms with Crippen molar-refractivity contribution in [1.29, 1.82) is 0 Å². The molecule has 1 amide bonds. The van der Waals surface area contributed by atoms with E-state index in [1.54, 1.807) is 18.2 Å². The zero-order valence-corrected chi connectivity index (χ0v) is 18.3. The van der Waals surface area contributed by atoms with Crippen molar-refractivity contribution in [2.24, 2.45) is 0 Å². The first kappa shape index (κ1) is 23.9. The molecule has 0 saturated carbocycles. The molecule has 0 aromatic heterocycles. The topological polar surface area (TPSA) is 53.6 Å². The van der Waals surface area contributed by atoms with E-state index in [-0.39, 0.29) is 28.3 Å². The van der Waals surface area contributed by atoms with Gasteiger partial charge in [-0.05, 0) is 50.7 Å². The number of hydrogen-bond acceptors (Lipinski definition) is 4. The highest BCUT2D eigenvalue weighted by Gasteiger charge is 2.32. The van der Waals surface area contributed by atoms with Gasteiger partial charge in [-0.15, -0.1) is 13.2 Å². The average Bonchev–Trinajstić information content (AvgIpc) is 2.74. The molecule has 2 N–H and O–H groups in total. The number of nitrogens with one attached hydrogen (secondary N) is 2. The molecule has 1 aliphatic heterocycles. The maximum absolute atomic E-state index is 12.9. The van der Waals surface area contributed by atoms with Crippen LogP contribution in [0.2, 0.25) is 5.02 Å². The number of amides is 1. The first-order chi connectivity index (χ1) is 15.3. The molecule has 0 bridgehead atoms. The monoisotopic (exact) mass is 467 g/mol. The van der Waals surface area contributed by atoms with Crippen LogP contribution in [-0.4, -0.2) is 43.3 Å². The molecule has 2 aromatic rings. The molecular formula is C23H25ClF3N3O2. The molecule has 1 unspecified atom stereocenters. The summed E-state index contributed by atoms with van der Waals surface area (Å²) in [5.41, 5.74) is 1.06. The summed E-state index contributed by atoms with van der Waals surface area (Å²) in [7, 11) is 1.85. The molecule has 1 saturated heterocycles. The standard InChI is InChI=1S/C23H25ClF3N3O2/c1-28-12-6-14-30-13-5-4-8-20(30)22(31)29-16-10-11-17(19(24)15-16)18-7-2-3-9-21(18)32-23(25,26)27/h2-3,6-7,9-11,14-15,20,28H,4-5,8,12-13H2,1H3,(H,29,31). The number of nitrogens with zero attached hydrogens (tertiary/aromatic N) is 1. The number of benzene rings is 2. The number of alkyl halides is 3. The fourth-order valence-corrected chi connectivity index (χ4v) is 3.94. The van der Waals surface area contributed by atoms with Crippen molar-refractivity contribution in [2.45, 2.75) is 31.7 Å². The number of carbonyl (C=O) groups excluding carboxylic acids is 1. The van der Waals surface area contributed by atoms with Crippen molar-refractivity contribution in [1.82, 2.24) is 10.2 Å². The molecule has 172 valence electrons. The lowest BCUT2D eigenvalue weighted by Gasteiger charge is -2.33. The second-order valence-corrected chi connectivity index (χ2v) is 7.83. The predicted molar refractivity (Wildman–Crippen MR) is 120 cm³/mol. The third-order valence-electron chi connectivity index (χ3n) is 5.11. The zero-order chi connectivity index (χ0) is 23.1. The normalized spacial score (nSPS) is 16.9. The van der Waals surface area contributed by atoms with Gasteiger partial charge in [-0.25, -0.2) is 0 Å². The summed E-state index contributed by atoms with van der Waals surface area (Å²) in [5.74, 6) is -0.492. The highest BCUT2D eigenvalue weighted by atomic mass is 35.5. The molecule has 1 aliphatic rings. The summed E-state index contributed by atoms with van der Waals surface area (Å²) >= 11 is 6.37. The van der Waals surface area contributed by atoms with Gasteiger partial charge in [-0.3, -0.25) is 4.79 Å². The number of para-hydroxylation sites is 1. The van der Waals surface area contributed by atoms with Crippen molar-refractivity contribution >= 4 is 23.2 Å². The number of hydrogen-bond donors (Lipinski definition) is 2. The fourth-order valence-electron chi connectivity index (χ4n) is 3.66.